The molecule has 0 amide bonds. The Morgan fingerprint density at radius 2 is 1.67 bits per heavy atom. The number of aliphatic carboxylic acids is 1. The van der Waals surface area contributed by atoms with E-state index in [4.69, 9.17) is 9.84 Å². The van der Waals surface area contributed by atoms with E-state index in [2.05, 4.69) is 0 Å². The summed E-state index contributed by atoms with van der Waals surface area (Å²) in [5.41, 5.74) is 2.17. The van der Waals surface area contributed by atoms with Crippen LogP contribution in [0.3, 0.4) is 0 Å². The maximum absolute atomic E-state index is 12.0. The quantitative estimate of drug-likeness (QED) is 0.444. The summed E-state index contributed by atoms with van der Waals surface area (Å²) in [6, 6.07) is 17.4. The molecule has 0 bridgehead atoms. The third-order valence-electron chi connectivity index (χ3n) is 3.41. The smallest absolute Gasteiger partial charge is 0.314 e. The second kappa shape index (κ2) is 9.13. The average molecular weight is 344 g/mol. The highest BCUT2D eigenvalue weighted by Crippen LogP contribution is 2.23. The molecule has 1 atom stereocenters. The van der Waals surface area contributed by atoms with Gasteiger partial charge in [-0.3, -0.25) is 9.59 Å². The molecule has 1 unspecified atom stereocenters. The van der Waals surface area contributed by atoms with Crippen LogP contribution in [0.25, 0.3) is 11.1 Å². The zero-order chi connectivity index (χ0) is 17.4. The zero-order valence-corrected chi connectivity index (χ0v) is 14.3. The topological polar surface area (TPSA) is 63.6 Å². The van der Waals surface area contributed by atoms with Gasteiger partial charge < -0.3 is 9.84 Å². The first-order valence-electron chi connectivity index (χ1n) is 7.73. The lowest BCUT2D eigenvalue weighted by Crippen LogP contribution is -2.20. The van der Waals surface area contributed by atoms with Crippen LogP contribution < -0.4 is 4.74 Å². The molecule has 0 saturated carbocycles. The number of benzene rings is 2. The fraction of sp³-hybridized carbons (Fsp3) is 0.263. The summed E-state index contributed by atoms with van der Waals surface area (Å²) >= 11 is 1.45. The molecule has 1 N–H and O–H groups in total. The molecule has 0 aromatic heterocycles. The lowest BCUT2D eigenvalue weighted by Gasteiger charge is -2.11. The molecule has 2 aromatic rings. The van der Waals surface area contributed by atoms with Gasteiger partial charge in [-0.2, -0.15) is 11.8 Å². The standard InChI is InChI=1S/C19H20O4S/c1-14(13-24-12-11-18(20)21)19(22)23-17-9-7-16(8-10-17)15-5-3-2-4-6-15/h2-10,14H,11-13H2,1H3,(H,20,21). The van der Waals surface area contributed by atoms with Crippen LogP contribution in [-0.4, -0.2) is 28.6 Å². The van der Waals surface area contributed by atoms with E-state index in [0.29, 0.717) is 17.3 Å². The van der Waals surface area contributed by atoms with Gasteiger partial charge in [0.1, 0.15) is 5.75 Å². The number of rotatable bonds is 8. The number of hydrogen-bond donors (Lipinski definition) is 1. The molecule has 4 nitrogen and oxygen atoms in total. The van der Waals surface area contributed by atoms with Crippen LogP contribution in [0.2, 0.25) is 0 Å². The summed E-state index contributed by atoms with van der Waals surface area (Å²) in [5, 5.41) is 8.58. The minimum absolute atomic E-state index is 0.105. The Bertz CT molecular complexity index is 668. The number of esters is 1. The fourth-order valence-electron chi connectivity index (χ4n) is 2.05. The van der Waals surface area contributed by atoms with Crippen molar-refractivity contribution in [3.8, 4) is 16.9 Å². The van der Waals surface area contributed by atoms with Gasteiger partial charge >= 0.3 is 11.9 Å². The van der Waals surface area contributed by atoms with E-state index in [1.165, 1.54) is 11.8 Å². The summed E-state index contributed by atoms with van der Waals surface area (Å²) in [6.07, 6.45) is 0.105. The molecule has 0 fully saturated rings. The second-order valence-electron chi connectivity index (χ2n) is 5.43. The van der Waals surface area contributed by atoms with Crippen molar-refractivity contribution in [1.82, 2.24) is 0 Å². The molecule has 24 heavy (non-hydrogen) atoms. The molecule has 2 aromatic carbocycles. The molecule has 0 saturated heterocycles. The SMILES string of the molecule is CC(CSCCC(=O)O)C(=O)Oc1ccc(-c2ccccc2)cc1. The van der Waals surface area contributed by atoms with Crippen LogP contribution in [0.4, 0.5) is 0 Å². The molecule has 0 aliphatic carbocycles. The average Bonchev–Trinajstić information content (AvgIpc) is 2.59. The van der Waals surface area contributed by atoms with Gasteiger partial charge in [-0.25, -0.2) is 0 Å². The van der Waals surface area contributed by atoms with Gasteiger partial charge in [0.15, 0.2) is 0 Å². The first kappa shape index (κ1) is 18.1. The highest BCUT2D eigenvalue weighted by molar-refractivity contribution is 7.99. The van der Waals surface area contributed by atoms with Crippen molar-refractivity contribution in [1.29, 1.82) is 0 Å². The number of carbonyl (C=O) groups is 2. The lowest BCUT2D eigenvalue weighted by molar-refractivity contribution is -0.138. The van der Waals surface area contributed by atoms with E-state index in [9.17, 15) is 9.59 Å². The van der Waals surface area contributed by atoms with E-state index < -0.39 is 5.97 Å². The second-order valence-corrected chi connectivity index (χ2v) is 6.58. The van der Waals surface area contributed by atoms with Crippen LogP contribution >= 0.6 is 11.8 Å². The minimum Gasteiger partial charge on any atom is -0.481 e. The third-order valence-corrected chi connectivity index (χ3v) is 4.64. The Morgan fingerprint density at radius 3 is 2.29 bits per heavy atom. The molecule has 0 aliphatic heterocycles. The van der Waals surface area contributed by atoms with Gasteiger partial charge in [0.2, 0.25) is 0 Å². The zero-order valence-electron chi connectivity index (χ0n) is 13.5. The van der Waals surface area contributed by atoms with E-state index in [1.54, 1.807) is 19.1 Å². The van der Waals surface area contributed by atoms with E-state index >= 15 is 0 Å². The summed E-state index contributed by atoms with van der Waals surface area (Å²) in [4.78, 5) is 22.5. The van der Waals surface area contributed by atoms with Crippen LogP contribution in [0.15, 0.2) is 54.6 Å². The first-order chi connectivity index (χ1) is 11.6. The number of ether oxygens (including phenoxy) is 1. The van der Waals surface area contributed by atoms with Gasteiger partial charge in [-0.05, 0) is 23.3 Å². The van der Waals surface area contributed by atoms with Crippen LogP contribution in [0, 0.1) is 5.92 Å². The van der Waals surface area contributed by atoms with E-state index in [0.717, 1.165) is 11.1 Å². The molecule has 0 heterocycles. The number of carboxylic acids is 1. The number of carbonyl (C=O) groups excluding carboxylic acids is 1. The number of thioether (sulfide) groups is 1. The van der Waals surface area contributed by atoms with Crippen molar-refractivity contribution >= 4 is 23.7 Å². The summed E-state index contributed by atoms with van der Waals surface area (Å²) in [7, 11) is 0. The highest BCUT2D eigenvalue weighted by Gasteiger charge is 2.15. The third kappa shape index (κ3) is 5.74. The van der Waals surface area contributed by atoms with Crippen LogP contribution in [0.1, 0.15) is 13.3 Å². The van der Waals surface area contributed by atoms with Gasteiger partial charge in [0.05, 0.1) is 12.3 Å². The molecule has 126 valence electrons. The molecule has 0 aliphatic rings. The maximum atomic E-state index is 12.0. The molecule has 5 heteroatoms. The fourth-order valence-corrected chi connectivity index (χ4v) is 3.03. The van der Waals surface area contributed by atoms with Gasteiger partial charge in [0.25, 0.3) is 0 Å². The highest BCUT2D eigenvalue weighted by atomic mass is 32.2. The van der Waals surface area contributed by atoms with Crippen LogP contribution in [-0.2, 0) is 9.59 Å². The summed E-state index contributed by atoms with van der Waals surface area (Å²) in [6.45, 7) is 1.79. The van der Waals surface area contributed by atoms with Gasteiger partial charge in [0, 0.05) is 11.5 Å². The Hall–Kier alpha value is -2.27. The molecule has 0 spiro atoms. The molecular formula is C19H20O4S. The van der Waals surface area contributed by atoms with E-state index in [-0.39, 0.29) is 18.3 Å². The Balaban J connectivity index is 1.84. The van der Waals surface area contributed by atoms with Gasteiger partial charge in [-0.1, -0.05) is 49.4 Å². The van der Waals surface area contributed by atoms with Crippen LogP contribution in [0.5, 0.6) is 5.75 Å². The maximum Gasteiger partial charge on any atom is 0.314 e. The van der Waals surface area contributed by atoms with Crippen molar-refractivity contribution in [2.45, 2.75) is 13.3 Å². The normalized spacial score (nSPS) is 11.7. The predicted molar refractivity (Wildman–Crippen MR) is 96.3 cm³/mol. The molecule has 2 rings (SSSR count). The monoisotopic (exact) mass is 344 g/mol. The molecule has 0 radical (unpaired) electrons. The van der Waals surface area contributed by atoms with Crippen molar-refractivity contribution in [3.05, 3.63) is 54.6 Å². The first-order valence-corrected chi connectivity index (χ1v) is 8.88. The summed E-state index contributed by atoms with van der Waals surface area (Å²) in [5.74, 6) is 0.161. The van der Waals surface area contributed by atoms with E-state index in [1.807, 2.05) is 42.5 Å². The predicted octanol–water partition coefficient (Wildman–Crippen LogP) is 4.10. The minimum atomic E-state index is -0.823. The van der Waals surface area contributed by atoms with Crippen molar-refractivity contribution in [2.75, 3.05) is 11.5 Å². The van der Waals surface area contributed by atoms with Crippen molar-refractivity contribution in [3.63, 3.8) is 0 Å². The van der Waals surface area contributed by atoms with Crippen molar-refractivity contribution < 1.29 is 19.4 Å². The Kier molecular flexibility index (Phi) is 6.88. The Labute approximate surface area is 145 Å². The van der Waals surface area contributed by atoms with Crippen molar-refractivity contribution in [2.24, 2.45) is 5.92 Å². The van der Waals surface area contributed by atoms with Gasteiger partial charge in [-0.15, -0.1) is 0 Å². The molecular weight excluding hydrogens is 324 g/mol. The lowest BCUT2D eigenvalue weighted by atomic mass is 10.1. The number of hydrogen-bond acceptors (Lipinski definition) is 4. The Morgan fingerprint density at radius 1 is 1.04 bits per heavy atom. The number of carboxylic acid groups (broad SMARTS) is 1. The summed E-state index contributed by atoms with van der Waals surface area (Å²) < 4.78 is 5.38. The largest absolute Gasteiger partial charge is 0.481 e.